The lowest BCUT2D eigenvalue weighted by Gasteiger charge is -2.11. The topological polar surface area (TPSA) is 70.0 Å². The third-order valence-electron chi connectivity index (χ3n) is 2.97. The van der Waals surface area contributed by atoms with Crippen molar-refractivity contribution in [2.24, 2.45) is 5.92 Å². The summed E-state index contributed by atoms with van der Waals surface area (Å²) in [5.74, 6) is 0.584. The zero-order valence-electron chi connectivity index (χ0n) is 9.51. The maximum Gasteiger partial charge on any atom is 0.250 e. The highest BCUT2D eigenvalue weighted by Gasteiger charge is 2.27. The van der Waals surface area contributed by atoms with Crippen LogP contribution in [0.15, 0.2) is 16.3 Å². The molecule has 17 heavy (non-hydrogen) atoms. The largest absolute Gasteiger partial charge is 0.250 e. The van der Waals surface area contributed by atoms with E-state index in [4.69, 9.17) is 5.26 Å². The zero-order chi connectivity index (χ0) is 12.5. The van der Waals surface area contributed by atoms with Crippen LogP contribution in [-0.4, -0.2) is 14.5 Å². The van der Waals surface area contributed by atoms with Crippen molar-refractivity contribution in [3.8, 4) is 6.07 Å². The monoisotopic (exact) mass is 270 g/mol. The molecule has 0 aliphatic heterocycles. The van der Waals surface area contributed by atoms with Gasteiger partial charge in [0, 0.05) is 6.04 Å². The Balaban J connectivity index is 2.11. The molecule has 0 bridgehead atoms. The van der Waals surface area contributed by atoms with Crippen LogP contribution in [0.25, 0.3) is 0 Å². The van der Waals surface area contributed by atoms with Crippen LogP contribution >= 0.6 is 11.3 Å². The summed E-state index contributed by atoms with van der Waals surface area (Å²) < 4.78 is 27.0. The van der Waals surface area contributed by atoms with Gasteiger partial charge in [-0.05, 0) is 37.3 Å². The molecule has 1 aliphatic rings. The fourth-order valence-electron chi connectivity index (χ4n) is 2.12. The Hall–Kier alpha value is -0.900. The van der Waals surface area contributed by atoms with Gasteiger partial charge in [-0.25, -0.2) is 13.1 Å². The number of nitriles is 1. The first-order chi connectivity index (χ1) is 8.01. The maximum atomic E-state index is 12.0. The molecule has 0 amide bonds. The van der Waals surface area contributed by atoms with Crippen LogP contribution in [0.4, 0.5) is 0 Å². The van der Waals surface area contributed by atoms with E-state index in [0.717, 1.165) is 30.6 Å². The molecule has 0 aromatic carbocycles. The van der Waals surface area contributed by atoms with E-state index in [1.54, 1.807) is 0 Å². The molecule has 1 saturated carbocycles. The van der Waals surface area contributed by atoms with Crippen LogP contribution < -0.4 is 4.72 Å². The second kappa shape index (κ2) is 4.77. The average Bonchev–Trinajstić information content (AvgIpc) is 2.86. The summed E-state index contributed by atoms with van der Waals surface area (Å²) in [6.45, 7) is 2.13. The molecule has 2 rings (SSSR count). The van der Waals surface area contributed by atoms with Crippen molar-refractivity contribution in [3.05, 3.63) is 17.0 Å². The van der Waals surface area contributed by atoms with Crippen molar-refractivity contribution >= 4 is 21.4 Å². The van der Waals surface area contributed by atoms with E-state index in [-0.39, 0.29) is 10.3 Å². The van der Waals surface area contributed by atoms with E-state index in [2.05, 4.69) is 11.6 Å². The maximum absolute atomic E-state index is 12.0. The summed E-state index contributed by atoms with van der Waals surface area (Å²) in [6.07, 6.45) is 2.87. The summed E-state index contributed by atoms with van der Waals surface area (Å²) >= 11 is 1.01. The Morgan fingerprint density at radius 3 is 2.76 bits per heavy atom. The van der Waals surface area contributed by atoms with Crippen LogP contribution in [0.1, 0.15) is 31.1 Å². The van der Waals surface area contributed by atoms with E-state index >= 15 is 0 Å². The molecule has 2 atom stereocenters. The summed E-state index contributed by atoms with van der Waals surface area (Å²) in [7, 11) is -3.44. The minimum atomic E-state index is -3.44. The lowest BCUT2D eigenvalue weighted by Crippen LogP contribution is -2.32. The normalized spacial score (nSPS) is 24.7. The molecule has 0 saturated heterocycles. The standard InChI is InChI=1S/C11H14N2O2S2/c1-8-2-3-9(6-8)13-17(14,15)11-5-4-10(7-12)16-11/h4-5,8-9,13H,2-3,6H2,1H3. The van der Waals surface area contributed by atoms with Gasteiger partial charge in [-0.2, -0.15) is 5.26 Å². The van der Waals surface area contributed by atoms with Crippen molar-refractivity contribution in [2.45, 2.75) is 36.4 Å². The first-order valence-corrected chi connectivity index (χ1v) is 7.83. The van der Waals surface area contributed by atoms with Gasteiger partial charge in [0.2, 0.25) is 10.0 Å². The summed E-state index contributed by atoms with van der Waals surface area (Å²) in [5.41, 5.74) is 0. The molecule has 1 heterocycles. The van der Waals surface area contributed by atoms with Crippen LogP contribution in [-0.2, 0) is 10.0 Å². The van der Waals surface area contributed by atoms with Crippen molar-refractivity contribution in [1.29, 1.82) is 5.26 Å². The molecule has 4 nitrogen and oxygen atoms in total. The highest BCUT2D eigenvalue weighted by Crippen LogP contribution is 2.27. The smallest absolute Gasteiger partial charge is 0.207 e. The first-order valence-electron chi connectivity index (χ1n) is 5.53. The lowest BCUT2D eigenvalue weighted by molar-refractivity contribution is 0.540. The van der Waals surface area contributed by atoms with Crippen LogP contribution in [0.5, 0.6) is 0 Å². The van der Waals surface area contributed by atoms with Gasteiger partial charge in [0.1, 0.15) is 15.2 Å². The van der Waals surface area contributed by atoms with Gasteiger partial charge >= 0.3 is 0 Å². The quantitative estimate of drug-likeness (QED) is 0.914. The van der Waals surface area contributed by atoms with E-state index in [1.807, 2.05) is 6.07 Å². The molecule has 1 aliphatic carbocycles. The predicted octanol–water partition coefficient (Wildman–Crippen LogP) is 2.09. The number of rotatable bonds is 3. The number of nitrogens with zero attached hydrogens (tertiary/aromatic N) is 1. The Kier molecular flexibility index (Phi) is 3.52. The highest BCUT2D eigenvalue weighted by atomic mass is 32.2. The lowest BCUT2D eigenvalue weighted by atomic mass is 10.1. The van der Waals surface area contributed by atoms with Gasteiger partial charge in [-0.1, -0.05) is 6.92 Å². The molecular formula is C11H14N2O2S2. The Labute approximate surface area is 105 Å². The summed E-state index contributed by atoms with van der Waals surface area (Å²) in [5, 5.41) is 8.68. The first kappa shape index (κ1) is 12.6. The van der Waals surface area contributed by atoms with Gasteiger partial charge in [-0.15, -0.1) is 11.3 Å². The predicted molar refractivity (Wildman–Crippen MR) is 66.2 cm³/mol. The average molecular weight is 270 g/mol. The second-order valence-corrected chi connectivity index (χ2v) is 7.49. The van der Waals surface area contributed by atoms with Gasteiger partial charge in [-0.3, -0.25) is 0 Å². The fourth-order valence-corrected chi connectivity index (χ4v) is 4.52. The van der Waals surface area contributed by atoms with Crippen LogP contribution in [0.2, 0.25) is 0 Å². The Bertz CT molecular complexity index is 542. The van der Waals surface area contributed by atoms with E-state index < -0.39 is 10.0 Å². The van der Waals surface area contributed by atoms with Crippen molar-refractivity contribution < 1.29 is 8.42 Å². The Morgan fingerprint density at radius 2 is 2.24 bits per heavy atom. The van der Waals surface area contributed by atoms with Gasteiger partial charge in [0.15, 0.2) is 0 Å². The molecule has 1 fully saturated rings. The van der Waals surface area contributed by atoms with Crippen LogP contribution in [0.3, 0.4) is 0 Å². The molecule has 1 aromatic heterocycles. The second-order valence-electron chi connectivity index (χ2n) is 4.47. The third-order valence-corrected chi connectivity index (χ3v) is 5.98. The molecule has 6 heteroatoms. The SMILES string of the molecule is CC1CCC(NS(=O)(=O)c2ccc(C#N)s2)C1. The molecule has 1 N–H and O–H groups in total. The molecule has 1 aromatic rings. The molecule has 2 unspecified atom stereocenters. The molecule has 0 radical (unpaired) electrons. The van der Waals surface area contributed by atoms with Gasteiger partial charge in [0.25, 0.3) is 0 Å². The van der Waals surface area contributed by atoms with E-state index in [0.29, 0.717) is 10.8 Å². The highest BCUT2D eigenvalue weighted by molar-refractivity contribution is 7.91. The number of hydrogen-bond donors (Lipinski definition) is 1. The van der Waals surface area contributed by atoms with E-state index in [9.17, 15) is 8.42 Å². The molecule has 0 spiro atoms. The minimum absolute atomic E-state index is 0.0441. The number of thiophene rings is 1. The summed E-state index contributed by atoms with van der Waals surface area (Å²) in [6, 6.07) is 5.02. The van der Waals surface area contributed by atoms with Crippen LogP contribution in [0, 0.1) is 17.2 Å². The molecule has 92 valence electrons. The van der Waals surface area contributed by atoms with Crippen molar-refractivity contribution in [1.82, 2.24) is 4.72 Å². The summed E-state index contributed by atoms with van der Waals surface area (Å²) in [4.78, 5) is 0.421. The van der Waals surface area contributed by atoms with E-state index in [1.165, 1.54) is 12.1 Å². The number of nitrogens with one attached hydrogen (secondary N) is 1. The Morgan fingerprint density at radius 1 is 1.47 bits per heavy atom. The van der Waals surface area contributed by atoms with Gasteiger partial charge in [0.05, 0.1) is 0 Å². The minimum Gasteiger partial charge on any atom is -0.207 e. The van der Waals surface area contributed by atoms with Gasteiger partial charge < -0.3 is 0 Å². The number of sulfonamides is 1. The van der Waals surface area contributed by atoms with Crippen molar-refractivity contribution in [3.63, 3.8) is 0 Å². The zero-order valence-corrected chi connectivity index (χ0v) is 11.1. The molecular weight excluding hydrogens is 256 g/mol. The van der Waals surface area contributed by atoms with Crippen molar-refractivity contribution in [2.75, 3.05) is 0 Å². The number of hydrogen-bond acceptors (Lipinski definition) is 4. The fraction of sp³-hybridized carbons (Fsp3) is 0.545. The third kappa shape index (κ3) is 2.86.